The maximum Gasteiger partial charge on any atom is 0.259 e. The number of amides is 1. The van der Waals surface area contributed by atoms with Crippen molar-refractivity contribution in [1.82, 2.24) is 20.1 Å². The van der Waals surface area contributed by atoms with E-state index in [2.05, 4.69) is 20.2 Å². The van der Waals surface area contributed by atoms with E-state index in [0.29, 0.717) is 49.3 Å². The highest BCUT2D eigenvalue weighted by molar-refractivity contribution is 6.12. The van der Waals surface area contributed by atoms with E-state index < -0.39 is 5.85 Å². The summed E-state index contributed by atoms with van der Waals surface area (Å²) in [5.74, 6) is -0.297. The van der Waals surface area contributed by atoms with E-state index in [-0.39, 0.29) is 18.5 Å². The maximum absolute atomic E-state index is 13.2. The van der Waals surface area contributed by atoms with Gasteiger partial charge in [0.1, 0.15) is 17.3 Å². The number of fused-ring (bicyclic) bond motifs is 3. The minimum atomic E-state index is -1.30. The molecule has 0 radical (unpaired) electrons. The van der Waals surface area contributed by atoms with E-state index in [1.165, 1.54) is 6.20 Å². The summed E-state index contributed by atoms with van der Waals surface area (Å²) in [5.41, 5.74) is 1.94. The topological polar surface area (TPSA) is 110 Å². The molecule has 3 aliphatic heterocycles. The number of methoxy groups -OCH3 is 2. The van der Waals surface area contributed by atoms with Gasteiger partial charge in [0.2, 0.25) is 0 Å². The molecule has 1 fully saturated rings. The van der Waals surface area contributed by atoms with Gasteiger partial charge in [0.15, 0.2) is 0 Å². The van der Waals surface area contributed by atoms with E-state index >= 15 is 0 Å². The maximum atomic E-state index is 13.2. The van der Waals surface area contributed by atoms with Gasteiger partial charge in [-0.1, -0.05) is 6.07 Å². The number of pyridine rings is 1. The minimum Gasteiger partial charge on any atom is -0.494 e. The van der Waals surface area contributed by atoms with E-state index in [1.807, 2.05) is 23.1 Å². The fraction of sp³-hybridized carbons (Fsp3) is 0.462. The molecule has 11 nitrogen and oxygen atoms in total. The fourth-order valence-electron chi connectivity index (χ4n) is 4.76. The Morgan fingerprint density at radius 2 is 2.16 bits per heavy atom. The van der Waals surface area contributed by atoms with Crippen LogP contribution < -0.4 is 10.1 Å². The monoisotopic (exact) mass is 508 g/mol. The van der Waals surface area contributed by atoms with Gasteiger partial charge in [-0.3, -0.25) is 14.7 Å². The molecule has 1 aromatic heterocycles. The predicted octanol–water partition coefficient (Wildman–Crippen LogP) is 1.66. The largest absolute Gasteiger partial charge is 0.494 e. The van der Waals surface area contributed by atoms with Gasteiger partial charge in [0.25, 0.3) is 11.8 Å². The van der Waals surface area contributed by atoms with Crippen molar-refractivity contribution < 1.29 is 23.7 Å². The summed E-state index contributed by atoms with van der Waals surface area (Å²) >= 11 is 0. The first-order valence-corrected chi connectivity index (χ1v) is 12.4. The number of hydrogen-bond acceptors (Lipinski definition) is 10. The summed E-state index contributed by atoms with van der Waals surface area (Å²) in [6.07, 6.45) is 5.57. The van der Waals surface area contributed by atoms with Gasteiger partial charge in [0.05, 0.1) is 52.0 Å². The number of aliphatic imine (C=N–C) groups is 2. The first kappa shape index (κ1) is 25.3. The number of nitrogens with one attached hydrogen (secondary N) is 1. The normalized spacial score (nSPS) is 22.8. The first-order valence-electron chi connectivity index (χ1n) is 12.4. The van der Waals surface area contributed by atoms with Crippen molar-refractivity contribution in [2.75, 3.05) is 60.3 Å². The van der Waals surface area contributed by atoms with E-state index in [4.69, 9.17) is 23.9 Å². The van der Waals surface area contributed by atoms with Crippen molar-refractivity contribution in [2.45, 2.75) is 18.3 Å². The highest BCUT2D eigenvalue weighted by atomic mass is 16.5. The van der Waals surface area contributed by atoms with Crippen molar-refractivity contribution in [3.05, 3.63) is 53.9 Å². The second kappa shape index (κ2) is 11.3. The molecule has 5 rings (SSSR count). The second-order valence-corrected chi connectivity index (χ2v) is 9.04. The van der Waals surface area contributed by atoms with Crippen LogP contribution in [0.2, 0.25) is 0 Å². The van der Waals surface area contributed by atoms with Gasteiger partial charge in [-0.25, -0.2) is 9.98 Å². The molecule has 37 heavy (non-hydrogen) atoms. The number of benzene rings is 1. The summed E-state index contributed by atoms with van der Waals surface area (Å²) in [7, 11) is 3.32. The van der Waals surface area contributed by atoms with Crippen LogP contribution in [0.15, 0.2) is 52.7 Å². The van der Waals surface area contributed by atoms with Crippen LogP contribution in [0.5, 0.6) is 5.75 Å². The summed E-state index contributed by atoms with van der Waals surface area (Å²) in [5, 5.41) is 3.02. The smallest absolute Gasteiger partial charge is 0.259 e. The lowest BCUT2D eigenvalue weighted by atomic mass is 10.1. The van der Waals surface area contributed by atoms with Crippen LogP contribution in [0.4, 0.5) is 5.69 Å². The number of nitrogens with zero attached hydrogens (tertiary/aromatic N) is 5. The molecule has 2 unspecified atom stereocenters. The summed E-state index contributed by atoms with van der Waals surface area (Å²) in [6.45, 7) is 4.33. The van der Waals surface area contributed by atoms with Gasteiger partial charge >= 0.3 is 0 Å². The van der Waals surface area contributed by atoms with Crippen LogP contribution >= 0.6 is 0 Å². The number of rotatable bonds is 10. The van der Waals surface area contributed by atoms with Crippen molar-refractivity contribution in [3.8, 4) is 5.75 Å². The number of hydrogen-bond donors (Lipinski definition) is 1. The Hall–Kier alpha value is -3.38. The number of aromatic nitrogens is 1. The second-order valence-electron chi connectivity index (χ2n) is 9.04. The number of ether oxygens (including phenoxy) is 4. The quantitative estimate of drug-likeness (QED) is 0.483. The summed E-state index contributed by atoms with van der Waals surface area (Å²) in [6, 6.07) is 9.31. The van der Waals surface area contributed by atoms with Crippen LogP contribution in [0.25, 0.3) is 0 Å². The Balaban J connectivity index is 1.38. The standard InChI is InChI=1S/C26H32N6O5/c1-34-13-10-31-11-14-36-16-20(31)8-12-37-26(30-25(33)19-5-4-9-27-15-19)17-32-18-28-23-21(24(32)29-26)6-3-7-22(23)35-2/h3-7,9,15,18,20H,8,10-14,16-17H2,1-2H3,(H,30,33). The fourth-order valence-corrected chi connectivity index (χ4v) is 4.76. The molecule has 0 aliphatic carbocycles. The van der Waals surface area contributed by atoms with Crippen molar-refractivity contribution in [1.29, 1.82) is 0 Å². The van der Waals surface area contributed by atoms with E-state index in [9.17, 15) is 4.79 Å². The minimum absolute atomic E-state index is 0.193. The molecule has 0 bridgehead atoms. The van der Waals surface area contributed by atoms with Gasteiger partial charge in [-0.05, 0) is 30.7 Å². The Morgan fingerprint density at radius 3 is 2.97 bits per heavy atom. The molecule has 11 heteroatoms. The number of para-hydroxylation sites is 1. The lowest BCUT2D eigenvalue weighted by molar-refractivity contribution is -0.0747. The Kier molecular flexibility index (Phi) is 7.75. The Morgan fingerprint density at radius 1 is 1.24 bits per heavy atom. The molecule has 196 valence electrons. The summed E-state index contributed by atoms with van der Waals surface area (Å²) < 4.78 is 22.9. The van der Waals surface area contributed by atoms with Gasteiger partial charge < -0.3 is 29.2 Å². The molecular formula is C26H32N6O5. The third-order valence-electron chi connectivity index (χ3n) is 6.69. The molecule has 1 amide bonds. The zero-order valence-corrected chi connectivity index (χ0v) is 21.1. The van der Waals surface area contributed by atoms with Gasteiger partial charge in [-0.2, -0.15) is 0 Å². The number of amidine groups is 1. The zero-order valence-electron chi connectivity index (χ0n) is 21.1. The Labute approximate surface area is 216 Å². The SMILES string of the molecule is COCCN1CCOCC1CCOC1(NC(=O)c2cccnc2)CN2C=Nc3c(OC)cccc3C2=N1. The molecule has 3 aliphatic rings. The molecule has 0 saturated carbocycles. The van der Waals surface area contributed by atoms with Gasteiger partial charge in [0, 0.05) is 44.2 Å². The molecule has 1 saturated heterocycles. The summed E-state index contributed by atoms with van der Waals surface area (Å²) in [4.78, 5) is 31.0. The molecular weight excluding hydrogens is 476 g/mol. The first-order chi connectivity index (χ1) is 18.1. The van der Waals surface area contributed by atoms with E-state index in [1.54, 1.807) is 38.9 Å². The molecule has 0 spiro atoms. The molecule has 1 N–H and O–H groups in total. The van der Waals surface area contributed by atoms with Gasteiger partial charge in [-0.15, -0.1) is 0 Å². The Bertz CT molecular complexity index is 1160. The van der Waals surface area contributed by atoms with Crippen LogP contribution in [0.1, 0.15) is 22.3 Å². The predicted molar refractivity (Wildman–Crippen MR) is 137 cm³/mol. The van der Waals surface area contributed by atoms with Crippen LogP contribution in [0.3, 0.4) is 0 Å². The van der Waals surface area contributed by atoms with Crippen LogP contribution in [0, 0.1) is 0 Å². The van der Waals surface area contributed by atoms with Crippen molar-refractivity contribution >= 4 is 23.8 Å². The average molecular weight is 509 g/mol. The highest BCUT2D eigenvalue weighted by Gasteiger charge is 2.44. The molecule has 2 aromatic rings. The van der Waals surface area contributed by atoms with Crippen molar-refractivity contribution in [3.63, 3.8) is 0 Å². The lowest BCUT2D eigenvalue weighted by Crippen LogP contribution is -2.53. The van der Waals surface area contributed by atoms with Crippen LogP contribution in [-0.4, -0.2) is 105 Å². The number of carbonyl (C=O) groups excluding carboxylic acids is 1. The molecule has 2 atom stereocenters. The molecule has 1 aromatic carbocycles. The molecule has 4 heterocycles. The lowest BCUT2D eigenvalue weighted by Gasteiger charge is -2.36. The van der Waals surface area contributed by atoms with Crippen molar-refractivity contribution in [2.24, 2.45) is 9.98 Å². The number of morpholine rings is 1. The third-order valence-corrected chi connectivity index (χ3v) is 6.69. The van der Waals surface area contributed by atoms with E-state index in [0.717, 1.165) is 25.1 Å². The third kappa shape index (κ3) is 5.49. The average Bonchev–Trinajstić information content (AvgIpc) is 3.31. The zero-order chi connectivity index (χ0) is 25.7. The van der Waals surface area contributed by atoms with Crippen LogP contribution in [-0.2, 0) is 14.2 Å². The highest BCUT2D eigenvalue weighted by Crippen LogP contribution is 2.37. The number of carbonyl (C=O) groups is 1.